The van der Waals surface area contributed by atoms with E-state index in [-0.39, 0.29) is 17.4 Å². The van der Waals surface area contributed by atoms with Gasteiger partial charge in [0.05, 0.1) is 16.8 Å². The summed E-state index contributed by atoms with van der Waals surface area (Å²) < 4.78 is 1.76. The molecule has 2 amide bonds. The third kappa shape index (κ3) is 6.66. The van der Waals surface area contributed by atoms with Gasteiger partial charge in [-0.15, -0.1) is 11.8 Å². The number of nitrogens with one attached hydrogen (secondary N) is 2. The fourth-order valence-electron chi connectivity index (χ4n) is 5.00. The number of nitrogens with zero attached hydrogens (tertiary/aromatic N) is 1. The Morgan fingerprint density at radius 1 is 0.711 bits per heavy atom. The average Bonchev–Trinajstić information content (AvgIpc) is 3.40. The highest BCUT2D eigenvalue weighted by molar-refractivity contribution is 8.00. The van der Waals surface area contributed by atoms with Gasteiger partial charge in [-0.2, -0.15) is 0 Å². The first-order valence-electron chi connectivity index (χ1n) is 14.0. The van der Waals surface area contributed by atoms with Crippen molar-refractivity contribution in [1.82, 2.24) is 9.88 Å². The lowest BCUT2D eigenvalue weighted by Gasteiger charge is -2.13. The van der Waals surface area contributed by atoms with Crippen LogP contribution in [-0.2, 0) is 4.79 Å². The zero-order chi connectivity index (χ0) is 31.3. The van der Waals surface area contributed by atoms with Crippen LogP contribution in [0.2, 0.25) is 10.0 Å². The molecule has 6 nitrogen and oxygen atoms in total. The molecule has 45 heavy (non-hydrogen) atoms. The lowest BCUT2D eigenvalue weighted by Crippen LogP contribution is -2.30. The fraction of sp³-hybridized carbons (Fsp3) is 0.0278. The summed E-state index contributed by atoms with van der Waals surface area (Å²) in [7, 11) is 0. The molecule has 0 atom stereocenters. The number of benzene rings is 5. The van der Waals surface area contributed by atoms with Gasteiger partial charge in [-0.05, 0) is 60.7 Å². The Morgan fingerprint density at radius 3 is 1.98 bits per heavy atom. The standard InChI is InChI=1S/C36H25Cl2N3O3S/c37-29-16-9-17-30(38)28(29)21-31(40-35(43)23-10-2-1-3-11-23)36(44)39-24-12-8-13-25(20-24)45-22-34(42)41-32-18-6-4-14-26(32)27-15-5-7-19-33(27)41/h1-21H,22H2,(H,39,44)(H,40,43)/b31-21+. The zero-order valence-electron chi connectivity index (χ0n) is 23.7. The lowest BCUT2D eigenvalue weighted by molar-refractivity contribution is -0.113. The minimum absolute atomic E-state index is 0.0431. The monoisotopic (exact) mass is 649 g/mol. The number of para-hydroxylation sites is 2. The average molecular weight is 651 g/mol. The molecule has 5 aromatic carbocycles. The van der Waals surface area contributed by atoms with E-state index in [1.54, 1.807) is 71.3 Å². The molecule has 0 fully saturated rings. The Bertz CT molecular complexity index is 2030. The number of anilines is 1. The van der Waals surface area contributed by atoms with Crippen molar-refractivity contribution in [3.05, 3.63) is 148 Å². The second-order valence-electron chi connectivity index (χ2n) is 10.0. The van der Waals surface area contributed by atoms with Crippen LogP contribution < -0.4 is 10.6 Å². The van der Waals surface area contributed by atoms with E-state index in [0.717, 1.165) is 26.7 Å². The van der Waals surface area contributed by atoms with Crippen molar-refractivity contribution in [2.24, 2.45) is 0 Å². The molecule has 0 aliphatic heterocycles. The maximum absolute atomic E-state index is 13.5. The Hall–Kier alpha value is -4.82. The van der Waals surface area contributed by atoms with Gasteiger partial charge in [0.2, 0.25) is 5.91 Å². The topological polar surface area (TPSA) is 80.2 Å². The van der Waals surface area contributed by atoms with Crippen LogP contribution in [0.15, 0.2) is 132 Å². The number of rotatable bonds is 8. The van der Waals surface area contributed by atoms with Gasteiger partial charge in [-0.3, -0.25) is 19.0 Å². The van der Waals surface area contributed by atoms with E-state index in [0.29, 0.717) is 26.9 Å². The summed E-state index contributed by atoms with van der Waals surface area (Å²) in [5.74, 6) is -0.910. The summed E-state index contributed by atoms with van der Waals surface area (Å²) >= 11 is 14.1. The number of aromatic nitrogens is 1. The van der Waals surface area contributed by atoms with Crippen molar-refractivity contribution in [2.75, 3.05) is 11.1 Å². The van der Waals surface area contributed by atoms with E-state index in [2.05, 4.69) is 10.6 Å². The molecule has 0 aliphatic carbocycles. The molecule has 1 heterocycles. The molecule has 0 bridgehead atoms. The quantitative estimate of drug-likeness (QED) is 0.127. The number of thioether (sulfide) groups is 1. The van der Waals surface area contributed by atoms with Crippen LogP contribution >= 0.6 is 35.0 Å². The SMILES string of the molecule is O=C(Nc1cccc(SCC(=O)n2c3ccccc3c3ccccc32)c1)/C(=C\c1c(Cl)cccc1Cl)NC(=O)c1ccccc1. The maximum atomic E-state index is 13.5. The molecule has 0 unspecified atom stereocenters. The highest BCUT2D eigenvalue weighted by Gasteiger charge is 2.18. The van der Waals surface area contributed by atoms with Crippen LogP contribution in [0, 0.1) is 0 Å². The summed E-state index contributed by atoms with van der Waals surface area (Å²) in [5, 5.41) is 8.25. The van der Waals surface area contributed by atoms with Gasteiger partial charge < -0.3 is 10.6 Å². The van der Waals surface area contributed by atoms with Gasteiger partial charge in [-0.25, -0.2) is 0 Å². The van der Waals surface area contributed by atoms with Gasteiger partial charge in [0, 0.05) is 42.5 Å². The van der Waals surface area contributed by atoms with Crippen molar-refractivity contribution in [3.63, 3.8) is 0 Å². The van der Waals surface area contributed by atoms with Gasteiger partial charge in [-0.1, -0.05) is 89.9 Å². The second-order valence-corrected chi connectivity index (χ2v) is 11.9. The first-order chi connectivity index (χ1) is 21.9. The zero-order valence-corrected chi connectivity index (χ0v) is 26.0. The van der Waals surface area contributed by atoms with E-state index < -0.39 is 11.8 Å². The van der Waals surface area contributed by atoms with E-state index in [1.165, 1.54) is 17.8 Å². The molecule has 1 aromatic heterocycles. The summed E-state index contributed by atoms with van der Waals surface area (Å²) in [6, 6.07) is 36.4. The normalized spacial score (nSPS) is 11.5. The molecule has 0 saturated heterocycles. The third-order valence-electron chi connectivity index (χ3n) is 7.10. The molecule has 9 heteroatoms. The van der Waals surface area contributed by atoms with Crippen LogP contribution in [0.1, 0.15) is 20.7 Å². The van der Waals surface area contributed by atoms with Crippen LogP contribution in [0.4, 0.5) is 5.69 Å². The number of fused-ring (bicyclic) bond motifs is 3. The Balaban J connectivity index is 1.22. The highest BCUT2D eigenvalue weighted by Crippen LogP contribution is 2.30. The van der Waals surface area contributed by atoms with E-state index in [1.807, 2.05) is 54.6 Å². The summed E-state index contributed by atoms with van der Waals surface area (Å²) in [6.45, 7) is 0. The van der Waals surface area contributed by atoms with Crippen LogP contribution in [0.5, 0.6) is 0 Å². The Morgan fingerprint density at radius 2 is 1.31 bits per heavy atom. The van der Waals surface area contributed by atoms with Crippen molar-refractivity contribution >= 4 is 86.3 Å². The van der Waals surface area contributed by atoms with Crippen molar-refractivity contribution < 1.29 is 14.4 Å². The molecule has 6 aromatic rings. The number of hydrogen-bond acceptors (Lipinski definition) is 4. The van der Waals surface area contributed by atoms with Gasteiger partial charge >= 0.3 is 0 Å². The number of carbonyl (C=O) groups excluding carboxylic acids is 3. The van der Waals surface area contributed by atoms with Crippen LogP contribution in [0.3, 0.4) is 0 Å². The summed E-state index contributed by atoms with van der Waals surface area (Å²) in [5.41, 5.74) is 2.94. The number of hydrogen-bond donors (Lipinski definition) is 2. The summed E-state index contributed by atoms with van der Waals surface area (Å²) in [6.07, 6.45) is 1.45. The van der Waals surface area contributed by atoms with Gasteiger partial charge in [0.15, 0.2) is 0 Å². The minimum atomic E-state index is -0.571. The molecule has 0 aliphatic rings. The molecule has 0 radical (unpaired) electrons. The van der Waals surface area contributed by atoms with E-state index in [4.69, 9.17) is 23.2 Å². The predicted octanol–water partition coefficient (Wildman–Crippen LogP) is 8.94. The minimum Gasteiger partial charge on any atom is -0.321 e. The van der Waals surface area contributed by atoms with Crippen molar-refractivity contribution in [2.45, 2.75) is 4.90 Å². The molecule has 6 rings (SSSR count). The smallest absolute Gasteiger partial charge is 0.272 e. The van der Waals surface area contributed by atoms with E-state index >= 15 is 0 Å². The van der Waals surface area contributed by atoms with Crippen LogP contribution in [0.25, 0.3) is 27.9 Å². The largest absolute Gasteiger partial charge is 0.321 e. The number of carbonyl (C=O) groups is 3. The first kappa shape index (κ1) is 30.2. The second kappa shape index (κ2) is 13.4. The molecule has 0 spiro atoms. The third-order valence-corrected chi connectivity index (χ3v) is 8.74. The Kier molecular flexibility index (Phi) is 9.03. The van der Waals surface area contributed by atoms with Gasteiger partial charge in [0.1, 0.15) is 5.70 Å². The Labute approximate surface area is 273 Å². The molecular weight excluding hydrogens is 625 g/mol. The first-order valence-corrected chi connectivity index (χ1v) is 15.7. The van der Waals surface area contributed by atoms with E-state index in [9.17, 15) is 14.4 Å². The molecule has 0 saturated carbocycles. The lowest BCUT2D eigenvalue weighted by atomic mass is 10.1. The number of amides is 2. The summed E-state index contributed by atoms with van der Waals surface area (Å²) in [4.78, 5) is 40.8. The van der Waals surface area contributed by atoms with Gasteiger partial charge in [0.25, 0.3) is 11.8 Å². The van der Waals surface area contributed by atoms with Crippen molar-refractivity contribution in [3.8, 4) is 0 Å². The molecule has 2 N–H and O–H groups in total. The number of halogens is 2. The van der Waals surface area contributed by atoms with Crippen LogP contribution in [-0.4, -0.2) is 28.0 Å². The fourth-order valence-corrected chi connectivity index (χ4v) is 6.31. The highest BCUT2D eigenvalue weighted by atomic mass is 35.5. The van der Waals surface area contributed by atoms with Crippen molar-refractivity contribution in [1.29, 1.82) is 0 Å². The predicted molar refractivity (Wildman–Crippen MR) is 184 cm³/mol. The maximum Gasteiger partial charge on any atom is 0.272 e. The molecular formula is C36H25Cl2N3O3S. The molecule has 222 valence electrons.